The van der Waals surface area contributed by atoms with Gasteiger partial charge in [-0.15, -0.1) is 0 Å². The van der Waals surface area contributed by atoms with E-state index in [2.05, 4.69) is 5.32 Å². The molecule has 0 heterocycles. The summed E-state index contributed by atoms with van der Waals surface area (Å²) >= 11 is 0. The van der Waals surface area contributed by atoms with Gasteiger partial charge in [0.25, 0.3) is 0 Å². The van der Waals surface area contributed by atoms with Crippen molar-refractivity contribution in [3.63, 3.8) is 0 Å². The first kappa shape index (κ1) is 15.0. The topological polar surface area (TPSA) is 66.4 Å². The number of aliphatic carboxylic acids is 1. The Bertz CT molecular complexity index is 291. The lowest BCUT2D eigenvalue weighted by Crippen LogP contribution is -2.41. The van der Waals surface area contributed by atoms with Crippen LogP contribution in [0.15, 0.2) is 0 Å². The van der Waals surface area contributed by atoms with E-state index >= 15 is 0 Å². The molecule has 0 spiro atoms. The third-order valence-electron chi connectivity index (χ3n) is 4.28. The van der Waals surface area contributed by atoms with E-state index < -0.39 is 11.4 Å². The molecule has 1 aliphatic carbocycles. The Hall–Kier alpha value is -1.06. The fraction of sp³-hybridized carbons (Fsp3) is 0.857. The Kier molecular flexibility index (Phi) is 5.63. The van der Waals surface area contributed by atoms with Crippen LogP contribution in [0.5, 0.6) is 0 Å². The van der Waals surface area contributed by atoms with Gasteiger partial charge in [-0.05, 0) is 25.7 Å². The van der Waals surface area contributed by atoms with E-state index in [0.29, 0.717) is 12.8 Å². The van der Waals surface area contributed by atoms with Gasteiger partial charge in [-0.1, -0.05) is 33.1 Å². The number of hydrogen-bond donors (Lipinski definition) is 2. The predicted octanol–water partition coefficient (Wildman–Crippen LogP) is 2.72. The minimum absolute atomic E-state index is 0.103. The fourth-order valence-electron chi connectivity index (χ4n) is 2.71. The molecule has 1 amide bonds. The number of nitrogens with one attached hydrogen (secondary N) is 1. The van der Waals surface area contributed by atoms with E-state index in [9.17, 15) is 14.7 Å². The fourth-order valence-corrected chi connectivity index (χ4v) is 2.71. The predicted molar refractivity (Wildman–Crippen MR) is 70.3 cm³/mol. The molecule has 1 rings (SSSR count). The normalized spacial score (nSPS) is 17.4. The zero-order valence-corrected chi connectivity index (χ0v) is 11.5. The van der Waals surface area contributed by atoms with Crippen molar-refractivity contribution >= 4 is 11.9 Å². The number of carbonyl (C=O) groups excluding carboxylic acids is 1. The Morgan fingerprint density at radius 1 is 1.17 bits per heavy atom. The number of hydrogen-bond acceptors (Lipinski definition) is 2. The molecule has 0 atom stereocenters. The summed E-state index contributed by atoms with van der Waals surface area (Å²) in [5.74, 6) is -0.959. The maximum absolute atomic E-state index is 12.0. The number of carboxylic acids is 1. The maximum Gasteiger partial charge on any atom is 0.310 e. The van der Waals surface area contributed by atoms with Crippen molar-refractivity contribution in [2.24, 2.45) is 5.41 Å². The summed E-state index contributed by atoms with van der Waals surface area (Å²) in [6, 6.07) is 0.256. The number of carboxylic acid groups (broad SMARTS) is 1. The van der Waals surface area contributed by atoms with Crippen LogP contribution in [0.25, 0.3) is 0 Å². The van der Waals surface area contributed by atoms with E-state index in [1.807, 2.05) is 13.8 Å². The van der Waals surface area contributed by atoms with Gasteiger partial charge >= 0.3 is 5.97 Å². The summed E-state index contributed by atoms with van der Waals surface area (Å²) in [5.41, 5.74) is -0.890. The van der Waals surface area contributed by atoms with Crippen molar-refractivity contribution < 1.29 is 14.7 Å². The largest absolute Gasteiger partial charge is 0.481 e. The first-order chi connectivity index (χ1) is 8.54. The third kappa shape index (κ3) is 3.72. The van der Waals surface area contributed by atoms with Crippen LogP contribution in [0.2, 0.25) is 0 Å². The van der Waals surface area contributed by atoms with Gasteiger partial charge in [0.1, 0.15) is 0 Å². The molecular weight excluding hydrogens is 230 g/mol. The van der Waals surface area contributed by atoms with E-state index in [4.69, 9.17) is 0 Å². The van der Waals surface area contributed by atoms with Crippen molar-refractivity contribution in [2.45, 2.75) is 71.3 Å². The van der Waals surface area contributed by atoms with Crippen molar-refractivity contribution in [3.05, 3.63) is 0 Å². The zero-order chi connectivity index (χ0) is 13.6. The molecular formula is C14H25NO3. The van der Waals surface area contributed by atoms with E-state index in [0.717, 1.165) is 25.7 Å². The molecule has 0 saturated heterocycles. The van der Waals surface area contributed by atoms with Gasteiger partial charge in [0, 0.05) is 12.5 Å². The summed E-state index contributed by atoms with van der Waals surface area (Å²) in [4.78, 5) is 23.3. The molecule has 18 heavy (non-hydrogen) atoms. The quantitative estimate of drug-likeness (QED) is 0.767. The summed E-state index contributed by atoms with van der Waals surface area (Å²) in [6.45, 7) is 3.68. The van der Waals surface area contributed by atoms with Gasteiger partial charge in [-0.2, -0.15) is 0 Å². The molecule has 1 fully saturated rings. The van der Waals surface area contributed by atoms with Gasteiger partial charge in [-0.25, -0.2) is 0 Å². The van der Waals surface area contributed by atoms with Gasteiger partial charge in [0.2, 0.25) is 5.91 Å². The molecule has 4 heteroatoms. The molecule has 4 nitrogen and oxygen atoms in total. The highest BCUT2D eigenvalue weighted by Crippen LogP contribution is 2.31. The lowest BCUT2D eigenvalue weighted by atomic mass is 9.79. The van der Waals surface area contributed by atoms with Gasteiger partial charge in [-0.3, -0.25) is 9.59 Å². The van der Waals surface area contributed by atoms with Crippen LogP contribution in [-0.4, -0.2) is 23.0 Å². The van der Waals surface area contributed by atoms with Gasteiger partial charge < -0.3 is 10.4 Å². The molecule has 0 aromatic rings. The summed E-state index contributed by atoms with van der Waals surface area (Å²) in [6.07, 6.45) is 6.73. The molecule has 0 bridgehead atoms. The van der Waals surface area contributed by atoms with E-state index in [-0.39, 0.29) is 18.4 Å². The minimum atomic E-state index is -0.890. The Morgan fingerprint density at radius 3 is 2.17 bits per heavy atom. The molecule has 1 aliphatic rings. The molecule has 0 radical (unpaired) electrons. The molecule has 0 aromatic heterocycles. The van der Waals surface area contributed by atoms with E-state index in [1.54, 1.807) is 0 Å². The third-order valence-corrected chi connectivity index (χ3v) is 4.28. The van der Waals surface area contributed by atoms with Crippen molar-refractivity contribution in [2.75, 3.05) is 0 Å². The van der Waals surface area contributed by atoms with Crippen molar-refractivity contribution in [1.29, 1.82) is 0 Å². The second-order valence-corrected chi connectivity index (χ2v) is 5.37. The van der Waals surface area contributed by atoms with Crippen LogP contribution in [-0.2, 0) is 9.59 Å². The molecule has 0 aromatic carbocycles. The van der Waals surface area contributed by atoms with Crippen molar-refractivity contribution in [1.82, 2.24) is 5.32 Å². The summed E-state index contributed by atoms with van der Waals surface area (Å²) in [7, 11) is 0. The summed E-state index contributed by atoms with van der Waals surface area (Å²) < 4.78 is 0. The molecule has 1 saturated carbocycles. The Labute approximate surface area is 109 Å². The average Bonchev–Trinajstić information content (AvgIpc) is 2.37. The lowest BCUT2D eigenvalue weighted by Gasteiger charge is -2.28. The van der Waals surface area contributed by atoms with Crippen LogP contribution < -0.4 is 5.32 Å². The lowest BCUT2D eigenvalue weighted by molar-refractivity contribution is -0.152. The van der Waals surface area contributed by atoms with Crippen LogP contribution in [0.4, 0.5) is 0 Å². The maximum atomic E-state index is 12.0. The monoisotopic (exact) mass is 255 g/mol. The van der Waals surface area contributed by atoms with Crippen LogP contribution in [0.3, 0.4) is 0 Å². The Balaban J connectivity index is 2.53. The van der Waals surface area contributed by atoms with Crippen LogP contribution in [0, 0.1) is 5.41 Å². The number of carbonyl (C=O) groups is 2. The minimum Gasteiger partial charge on any atom is -0.481 e. The smallest absolute Gasteiger partial charge is 0.310 e. The Morgan fingerprint density at radius 2 is 1.72 bits per heavy atom. The average molecular weight is 255 g/mol. The van der Waals surface area contributed by atoms with Gasteiger partial charge in [0.15, 0.2) is 0 Å². The van der Waals surface area contributed by atoms with Gasteiger partial charge in [0.05, 0.1) is 5.41 Å². The number of rotatable bonds is 6. The molecule has 0 aliphatic heterocycles. The SMILES string of the molecule is CCC(CC)(CC(=O)NC1CCCCC1)C(=O)O. The second-order valence-electron chi connectivity index (χ2n) is 5.37. The van der Waals surface area contributed by atoms with Crippen LogP contribution >= 0.6 is 0 Å². The highest BCUT2D eigenvalue weighted by molar-refractivity contribution is 5.85. The van der Waals surface area contributed by atoms with E-state index in [1.165, 1.54) is 6.42 Å². The first-order valence-electron chi connectivity index (χ1n) is 7.07. The zero-order valence-electron chi connectivity index (χ0n) is 11.5. The molecule has 2 N–H and O–H groups in total. The second kappa shape index (κ2) is 6.76. The summed E-state index contributed by atoms with van der Waals surface area (Å²) in [5, 5.41) is 12.3. The highest BCUT2D eigenvalue weighted by atomic mass is 16.4. The number of amides is 1. The first-order valence-corrected chi connectivity index (χ1v) is 7.07. The van der Waals surface area contributed by atoms with Crippen LogP contribution in [0.1, 0.15) is 65.2 Å². The molecule has 0 unspecified atom stereocenters. The van der Waals surface area contributed by atoms with Crippen molar-refractivity contribution in [3.8, 4) is 0 Å². The standard InChI is InChI=1S/C14H25NO3/c1-3-14(4-2,13(17)18)10-12(16)15-11-8-6-5-7-9-11/h11H,3-10H2,1-2H3,(H,15,16)(H,17,18). The molecule has 104 valence electrons. The highest BCUT2D eigenvalue weighted by Gasteiger charge is 2.37.